The molecule has 0 aromatic heterocycles. The molecule has 0 heterocycles. The van der Waals surface area contributed by atoms with Crippen LogP contribution >= 0.6 is 11.6 Å². The van der Waals surface area contributed by atoms with Gasteiger partial charge in [0.25, 0.3) is 0 Å². The Morgan fingerprint density at radius 3 is 2.59 bits per heavy atom. The quantitative estimate of drug-likeness (QED) is 0.606. The second kappa shape index (κ2) is 7.18. The lowest BCUT2D eigenvalue weighted by Crippen LogP contribution is -2.10. The molecule has 116 valence electrons. The summed E-state index contributed by atoms with van der Waals surface area (Å²) < 4.78 is 15.4. The zero-order valence-electron chi connectivity index (χ0n) is 12.7. The monoisotopic (exact) mass is 320 g/mol. The van der Waals surface area contributed by atoms with E-state index < -0.39 is 6.16 Å². The van der Waals surface area contributed by atoms with Crippen LogP contribution in [0.3, 0.4) is 0 Å². The minimum absolute atomic E-state index is 0.190. The largest absolute Gasteiger partial charge is 0.513 e. The van der Waals surface area contributed by atoms with Crippen molar-refractivity contribution in [2.45, 2.75) is 20.5 Å². The van der Waals surface area contributed by atoms with Gasteiger partial charge in [0.05, 0.1) is 17.7 Å². The van der Waals surface area contributed by atoms with Gasteiger partial charge in [0.2, 0.25) is 0 Å². The summed E-state index contributed by atoms with van der Waals surface area (Å²) in [4.78, 5) is 11.3. The Bertz CT molecular complexity index is 682. The van der Waals surface area contributed by atoms with Crippen molar-refractivity contribution in [3.8, 4) is 11.5 Å². The molecular formula is C17H17ClO4. The van der Waals surface area contributed by atoms with Crippen LogP contribution in [0.5, 0.6) is 11.5 Å². The van der Waals surface area contributed by atoms with Crippen LogP contribution in [0.4, 0.5) is 4.79 Å². The van der Waals surface area contributed by atoms with E-state index in [2.05, 4.69) is 4.74 Å². The van der Waals surface area contributed by atoms with Crippen LogP contribution in [0, 0.1) is 13.8 Å². The van der Waals surface area contributed by atoms with Crippen LogP contribution in [0.2, 0.25) is 5.02 Å². The van der Waals surface area contributed by atoms with Crippen molar-refractivity contribution in [3.05, 3.63) is 58.1 Å². The first-order valence-corrected chi connectivity index (χ1v) is 7.12. The van der Waals surface area contributed by atoms with Crippen LogP contribution in [0.1, 0.15) is 16.7 Å². The highest BCUT2D eigenvalue weighted by atomic mass is 35.5. The molecule has 0 unspecified atom stereocenters. The highest BCUT2D eigenvalue weighted by Crippen LogP contribution is 2.29. The number of halogens is 1. The van der Waals surface area contributed by atoms with Crippen molar-refractivity contribution >= 4 is 17.8 Å². The molecule has 0 radical (unpaired) electrons. The molecule has 0 atom stereocenters. The molecule has 0 aliphatic carbocycles. The Balaban J connectivity index is 2.19. The van der Waals surface area contributed by atoms with Gasteiger partial charge < -0.3 is 14.2 Å². The van der Waals surface area contributed by atoms with Crippen LogP contribution in [0.15, 0.2) is 36.4 Å². The SMILES string of the molecule is COC(=O)Oc1cccc(Cl)c1COc1ccc(C)cc1C. The van der Waals surface area contributed by atoms with Gasteiger partial charge in [-0.1, -0.05) is 35.4 Å². The van der Waals surface area contributed by atoms with Gasteiger partial charge in [-0.25, -0.2) is 4.79 Å². The number of hydrogen-bond donors (Lipinski definition) is 0. The van der Waals surface area contributed by atoms with Gasteiger partial charge >= 0.3 is 6.16 Å². The predicted molar refractivity (Wildman–Crippen MR) is 84.7 cm³/mol. The van der Waals surface area contributed by atoms with Crippen molar-refractivity contribution in [3.63, 3.8) is 0 Å². The highest BCUT2D eigenvalue weighted by Gasteiger charge is 2.13. The first-order valence-electron chi connectivity index (χ1n) is 6.74. The number of rotatable bonds is 4. The van der Waals surface area contributed by atoms with E-state index in [9.17, 15) is 4.79 Å². The molecule has 2 aromatic rings. The van der Waals surface area contributed by atoms with E-state index in [-0.39, 0.29) is 6.61 Å². The minimum atomic E-state index is -0.796. The highest BCUT2D eigenvalue weighted by molar-refractivity contribution is 6.31. The van der Waals surface area contributed by atoms with Gasteiger partial charge in [-0.3, -0.25) is 0 Å². The number of carbonyl (C=O) groups is 1. The maximum absolute atomic E-state index is 11.3. The lowest BCUT2D eigenvalue weighted by atomic mass is 10.1. The van der Waals surface area contributed by atoms with E-state index in [1.54, 1.807) is 18.2 Å². The topological polar surface area (TPSA) is 44.8 Å². The number of aryl methyl sites for hydroxylation is 2. The molecule has 4 nitrogen and oxygen atoms in total. The molecule has 0 spiro atoms. The van der Waals surface area contributed by atoms with Gasteiger partial charge in [-0.15, -0.1) is 0 Å². The Hall–Kier alpha value is -2.20. The van der Waals surface area contributed by atoms with Crippen molar-refractivity contribution in [1.29, 1.82) is 0 Å². The first-order chi connectivity index (χ1) is 10.5. The van der Waals surface area contributed by atoms with Gasteiger partial charge in [0.1, 0.15) is 18.1 Å². The van der Waals surface area contributed by atoms with Crippen molar-refractivity contribution in [1.82, 2.24) is 0 Å². The van der Waals surface area contributed by atoms with Gasteiger partial charge in [-0.2, -0.15) is 0 Å². The molecular weight excluding hydrogens is 304 g/mol. The lowest BCUT2D eigenvalue weighted by molar-refractivity contribution is 0.120. The average Bonchev–Trinajstić information content (AvgIpc) is 2.48. The number of carbonyl (C=O) groups excluding carboxylic acids is 1. The number of methoxy groups -OCH3 is 1. The Labute approximate surface area is 134 Å². The van der Waals surface area contributed by atoms with Crippen molar-refractivity contribution in [2.24, 2.45) is 0 Å². The van der Waals surface area contributed by atoms with Crippen molar-refractivity contribution in [2.75, 3.05) is 7.11 Å². The molecule has 5 heteroatoms. The van der Waals surface area contributed by atoms with E-state index in [4.69, 9.17) is 21.1 Å². The molecule has 0 saturated carbocycles. The van der Waals surface area contributed by atoms with E-state index in [0.29, 0.717) is 16.3 Å². The molecule has 0 fully saturated rings. The van der Waals surface area contributed by atoms with Crippen LogP contribution < -0.4 is 9.47 Å². The molecule has 0 N–H and O–H groups in total. The number of benzene rings is 2. The fourth-order valence-corrected chi connectivity index (χ4v) is 2.24. The summed E-state index contributed by atoms with van der Waals surface area (Å²) in [6.45, 7) is 4.18. The minimum Gasteiger partial charge on any atom is -0.488 e. The molecule has 0 amide bonds. The molecule has 22 heavy (non-hydrogen) atoms. The van der Waals surface area contributed by atoms with Gasteiger partial charge in [-0.05, 0) is 37.6 Å². The molecule has 0 bridgehead atoms. The zero-order chi connectivity index (χ0) is 16.1. The third-order valence-corrected chi connectivity index (χ3v) is 3.49. The molecule has 2 rings (SSSR count). The fourth-order valence-electron chi connectivity index (χ4n) is 2.02. The molecule has 2 aromatic carbocycles. The van der Waals surface area contributed by atoms with E-state index in [1.807, 2.05) is 32.0 Å². The lowest BCUT2D eigenvalue weighted by Gasteiger charge is -2.13. The predicted octanol–water partition coefficient (Wildman–Crippen LogP) is 4.68. The normalized spacial score (nSPS) is 10.2. The number of hydrogen-bond acceptors (Lipinski definition) is 4. The Morgan fingerprint density at radius 1 is 1.14 bits per heavy atom. The van der Waals surface area contributed by atoms with Gasteiger partial charge in [0, 0.05) is 0 Å². The third-order valence-electron chi connectivity index (χ3n) is 3.14. The third kappa shape index (κ3) is 3.92. The van der Waals surface area contributed by atoms with E-state index in [1.165, 1.54) is 7.11 Å². The number of ether oxygens (including phenoxy) is 3. The summed E-state index contributed by atoms with van der Waals surface area (Å²) in [6, 6.07) is 11.0. The molecule has 0 aliphatic heterocycles. The smallest absolute Gasteiger partial charge is 0.488 e. The maximum Gasteiger partial charge on any atom is 0.513 e. The standard InChI is InChI=1S/C17H17ClO4/c1-11-7-8-15(12(2)9-11)21-10-13-14(18)5-4-6-16(13)22-17(19)20-3/h4-9H,10H2,1-3H3. The molecule has 0 saturated heterocycles. The van der Waals surface area contributed by atoms with Crippen molar-refractivity contribution < 1.29 is 19.0 Å². The van der Waals surface area contributed by atoms with E-state index >= 15 is 0 Å². The fraction of sp³-hybridized carbons (Fsp3) is 0.235. The van der Waals surface area contributed by atoms with Gasteiger partial charge in [0.15, 0.2) is 0 Å². The van der Waals surface area contributed by atoms with Crippen LogP contribution in [-0.4, -0.2) is 13.3 Å². The summed E-state index contributed by atoms with van der Waals surface area (Å²) in [5, 5.41) is 0.464. The van der Waals surface area contributed by atoms with Crippen LogP contribution in [-0.2, 0) is 11.3 Å². The summed E-state index contributed by atoms with van der Waals surface area (Å²) in [5.74, 6) is 1.08. The summed E-state index contributed by atoms with van der Waals surface area (Å²) >= 11 is 6.18. The molecule has 0 aliphatic rings. The second-order valence-electron chi connectivity index (χ2n) is 4.83. The van der Waals surface area contributed by atoms with Crippen LogP contribution in [0.25, 0.3) is 0 Å². The Morgan fingerprint density at radius 2 is 1.91 bits per heavy atom. The zero-order valence-corrected chi connectivity index (χ0v) is 13.4. The summed E-state index contributed by atoms with van der Waals surface area (Å²) in [7, 11) is 1.25. The summed E-state index contributed by atoms with van der Waals surface area (Å²) in [5.41, 5.74) is 2.79. The Kier molecular flexibility index (Phi) is 5.28. The summed E-state index contributed by atoms with van der Waals surface area (Å²) in [6.07, 6.45) is -0.796. The average molecular weight is 321 g/mol. The maximum atomic E-state index is 11.3. The second-order valence-corrected chi connectivity index (χ2v) is 5.24. The first kappa shape index (κ1) is 16.2. The van der Waals surface area contributed by atoms with E-state index in [0.717, 1.165) is 16.9 Å².